The van der Waals surface area contributed by atoms with Gasteiger partial charge in [-0.3, -0.25) is 4.90 Å². The summed E-state index contributed by atoms with van der Waals surface area (Å²) >= 11 is 5.91. The fourth-order valence-electron chi connectivity index (χ4n) is 2.02. The van der Waals surface area contributed by atoms with Gasteiger partial charge in [-0.2, -0.15) is 0 Å². The molecule has 1 aliphatic heterocycles. The van der Waals surface area contributed by atoms with Gasteiger partial charge in [0.1, 0.15) is 5.82 Å². The van der Waals surface area contributed by atoms with E-state index in [1.54, 1.807) is 6.07 Å². The third-order valence-corrected chi connectivity index (χ3v) is 3.48. The van der Waals surface area contributed by atoms with E-state index in [2.05, 4.69) is 4.90 Å². The number of rotatable bonds is 2. The summed E-state index contributed by atoms with van der Waals surface area (Å²) in [5, 5.41) is 0.248. The molecule has 2 N–H and O–H groups in total. The number of likely N-dealkylation sites (tertiary alicyclic amines) is 1. The van der Waals surface area contributed by atoms with Gasteiger partial charge < -0.3 is 5.73 Å². The Morgan fingerprint density at radius 3 is 2.75 bits per heavy atom. The molecule has 2 rings (SSSR count). The molecular formula is C12H16ClFN2. The van der Waals surface area contributed by atoms with Crippen molar-refractivity contribution in [3.8, 4) is 0 Å². The standard InChI is InChI=1S/C12H16ClFN2/c13-12-9(2-1-3-11(12)14)8-16-6-4-10(15)5-7-16/h1-3,10H,4-8,15H2. The zero-order valence-electron chi connectivity index (χ0n) is 9.13. The maximum absolute atomic E-state index is 13.2. The smallest absolute Gasteiger partial charge is 0.142 e. The number of nitrogens with zero attached hydrogens (tertiary/aromatic N) is 1. The highest BCUT2D eigenvalue weighted by atomic mass is 35.5. The lowest BCUT2D eigenvalue weighted by molar-refractivity contribution is 0.205. The highest BCUT2D eigenvalue weighted by Crippen LogP contribution is 2.22. The van der Waals surface area contributed by atoms with E-state index in [-0.39, 0.29) is 10.8 Å². The molecule has 1 saturated heterocycles. The molecule has 1 aliphatic rings. The zero-order chi connectivity index (χ0) is 11.5. The molecule has 16 heavy (non-hydrogen) atoms. The second-order valence-corrected chi connectivity index (χ2v) is 4.70. The molecule has 0 saturated carbocycles. The molecule has 1 fully saturated rings. The zero-order valence-corrected chi connectivity index (χ0v) is 9.88. The third kappa shape index (κ3) is 2.73. The molecule has 1 heterocycles. The second kappa shape index (κ2) is 5.13. The molecule has 1 aromatic carbocycles. The number of piperidine rings is 1. The number of halogens is 2. The van der Waals surface area contributed by atoms with E-state index in [4.69, 9.17) is 17.3 Å². The van der Waals surface area contributed by atoms with Gasteiger partial charge in [0.05, 0.1) is 5.02 Å². The minimum atomic E-state index is -0.340. The molecule has 2 nitrogen and oxygen atoms in total. The lowest BCUT2D eigenvalue weighted by atomic mass is 10.1. The number of nitrogens with two attached hydrogens (primary N) is 1. The molecule has 0 radical (unpaired) electrons. The summed E-state index contributed by atoms with van der Waals surface area (Å²) in [7, 11) is 0. The third-order valence-electron chi connectivity index (χ3n) is 3.06. The van der Waals surface area contributed by atoms with Crippen molar-refractivity contribution in [2.75, 3.05) is 13.1 Å². The lowest BCUT2D eigenvalue weighted by Gasteiger charge is -2.30. The molecule has 4 heteroatoms. The summed E-state index contributed by atoms with van der Waals surface area (Å²) < 4.78 is 13.2. The van der Waals surface area contributed by atoms with Crippen LogP contribution in [-0.4, -0.2) is 24.0 Å². The maximum atomic E-state index is 13.2. The first-order valence-corrected chi connectivity index (χ1v) is 5.95. The van der Waals surface area contributed by atoms with E-state index in [0.29, 0.717) is 12.6 Å². The van der Waals surface area contributed by atoms with E-state index >= 15 is 0 Å². The van der Waals surface area contributed by atoms with E-state index in [1.807, 2.05) is 6.07 Å². The molecule has 0 bridgehead atoms. The van der Waals surface area contributed by atoms with E-state index in [0.717, 1.165) is 31.5 Å². The van der Waals surface area contributed by atoms with Gasteiger partial charge in [-0.1, -0.05) is 23.7 Å². The average Bonchev–Trinajstić information content (AvgIpc) is 2.28. The topological polar surface area (TPSA) is 29.3 Å². The second-order valence-electron chi connectivity index (χ2n) is 4.33. The van der Waals surface area contributed by atoms with E-state index in [1.165, 1.54) is 6.07 Å². The Bertz CT molecular complexity index is 362. The van der Waals surface area contributed by atoms with Crippen LogP contribution >= 0.6 is 11.6 Å². The van der Waals surface area contributed by atoms with Crippen LogP contribution < -0.4 is 5.73 Å². The molecular weight excluding hydrogens is 227 g/mol. The van der Waals surface area contributed by atoms with Crippen LogP contribution in [0.15, 0.2) is 18.2 Å². The Balaban J connectivity index is 2.01. The number of hydrogen-bond donors (Lipinski definition) is 1. The van der Waals surface area contributed by atoms with Crippen LogP contribution in [-0.2, 0) is 6.54 Å². The summed E-state index contributed by atoms with van der Waals surface area (Å²) in [6, 6.07) is 5.28. The molecule has 0 unspecified atom stereocenters. The van der Waals surface area contributed by atoms with Crippen LogP contribution in [0.3, 0.4) is 0 Å². The molecule has 0 amide bonds. The van der Waals surface area contributed by atoms with Crippen LogP contribution in [0.4, 0.5) is 4.39 Å². The fourth-order valence-corrected chi connectivity index (χ4v) is 2.21. The fraction of sp³-hybridized carbons (Fsp3) is 0.500. The summed E-state index contributed by atoms with van der Waals surface area (Å²) in [5.74, 6) is -0.340. The van der Waals surface area contributed by atoms with Gasteiger partial charge in [-0.15, -0.1) is 0 Å². The van der Waals surface area contributed by atoms with Crippen LogP contribution in [0.5, 0.6) is 0 Å². The van der Waals surface area contributed by atoms with Crippen molar-refractivity contribution in [2.24, 2.45) is 5.73 Å². The SMILES string of the molecule is NC1CCN(Cc2cccc(F)c2Cl)CC1. The van der Waals surface area contributed by atoms with Gasteiger partial charge in [-0.05, 0) is 37.6 Å². The van der Waals surface area contributed by atoms with Gasteiger partial charge in [0.15, 0.2) is 0 Å². The number of benzene rings is 1. The van der Waals surface area contributed by atoms with Gasteiger partial charge >= 0.3 is 0 Å². The first kappa shape index (κ1) is 11.8. The number of hydrogen-bond acceptors (Lipinski definition) is 2. The van der Waals surface area contributed by atoms with Crippen molar-refractivity contribution < 1.29 is 4.39 Å². The minimum Gasteiger partial charge on any atom is -0.328 e. The van der Waals surface area contributed by atoms with Crippen LogP contribution in [0.2, 0.25) is 5.02 Å². The van der Waals surface area contributed by atoms with Crippen LogP contribution in [0, 0.1) is 5.82 Å². The van der Waals surface area contributed by atoms with E-state index in [9.17, 15) is 4.39 Å². The predicted octanol–water partition coefficient (Wildman–Crippen LogP) is 2.40. The normalized spacial score (nSPS) is 18.9. The van der Waals surface area contributed by atoms with Crippen molar-refractivity contribution in [1.82, 2.24) is 4.90 Å². The molecule has 88 valence electrons. The first-order valence-electron chi connectivity index (χ1n) is 5.57. The quantitative estimate of drug-likeness (QED) is 0.863. The maximum Gasteiger partial charge on any atom is 0.142 e. The van der Waals surface area contributed by atoms with Crippen molar-refractivity contribution in [1.29, 1.82) is 0 Å². The van der Waals surface area contributed by atoms with Gasteiger partial charge in [0, 0.05) is 12.6 Å². The minimum absolute atomic E-state index is 0.248. The van der Waals surface area contributed by atoms with Crippen LogP contribution in [0.1, 0.15) is 18.4 Å². The molecule has 0 aliphatic carbocycles. The monoisotopic (exact) mass is 242 g/mol. The Morgan fingerprint density at radius 1 is 1.38 bits per heavy atom. The van der Waals surface area contributed by atoms with Crippen molar-refractivity contribution in [3.63, 3.8) is 0 Å². The van der Waals surface area contributed by atoms with Crippen molar-refractivity contribution in [2.45, 2.75) is 25.4 Å². The van der Waals surface area contributed by atoms with Gasteiger partial charge in [0.2, 0.25) is 0 Å². The Labute approximate surface area is 100 Å². The average molecular weight is 243 g/mol. The highest BCUT2D eigenvalue weighted by Gasteiger charge is 2.17. The summed E-state index contributed by atoms with van der Waals surface area (Å²) in [6.07, 6.45) is 2.01. The van der Waals surface area contributed by atoms with E-state index < -0.39 is 0 Å². The van der Waals surface area contributed by atoms with Crippen molar-refractivity contribution >= 4 is 11.6 Å². The summed E-state index contributed by atoms with van der Waals surface area (Å²) in [6.45, 7) is 2.64. The summed E-state index contributed by atoms with van der Waals surface area (Å²) in [4.78, 5) is 2.27. The van der Waals surface area contributed by atoms with Crippen molar-refractivity contribution in [3.05, 3.63) is 34.6 Å². The Hall–Kier alpha value is -0.640. The highest BCUT2D eigenvalue weighted by molar-refractivity contribution is 6.31. The Morgan fingerprint density at radius 2 is 2.06 bits per heavy atom. The molecule has 0 atom stereocenters. The lowest BCUT2D eigenvalue weighted by Crippen LogP contribution is -2.39. The predicted molar refractivity (Wildman–Crippen MR) is 63.9 cm³/mol. The van der Waals surface area contributed by atoms with Gasteiger partial charge in [0.25, 0.3) is 0 Å². The molecule has 1 aromatic rings. The van der Waals surface area contributed by atoms with Crippen LogP contribution in [0.25, 0.3) is 0 Å². The largest absolute Gasteiger partial charge is 0.328 e. The van der Waals surface area contributed by atoms with Gasteiger partial charge in [-0.25, -0.2) is 4.39 Å². The summed E-state index contributed by atoms with van der Waals surface area (Å²) in [5.41, 5.74) is 6.69. The first-order chi connectivity index (χ1) is 7.66. The Kier molecular flexibility index (Phi) is 3.79. The molecule has 0 spiro atoms. The molecule has 0 aromatic heterocycles.